The first kappa shape index (κ1) is 22.2. The molecule has 1 N–H and O–H groups in total. The molecule has 4 rings (SSSR count). The number of aliphatic hydroxyl groups excluding tert-OH is 1. The van der Waals surface area contributed by atoms with Gasteiger partial charge in [-0.15, -0.1) is 0 Å². The molecule has 168 valence electrons. The van der Waals surface area contributed by atoms with E-state index >= 15 is 0 Å². The van der Waals surface area contributed by atoms with Crippen molar-refractivity contribution in [3.63, 3.8) is 0 Å². The minimum absolute atomic E-state index is 0.0132. The lowest BCUT2D eigenvalue weighted by molar-refractivity contribution is -0.140. The molecule has 1 amide bonds. The monoisotopic (exact) mass is 446 g/mol. The number of aliphatic hydroxyl groups is 1. The normalized spacial score (nSPS) is 17.6. The number of amides is 1. The fraction of sp³-hybridized carbons (Fsp3) is 0.192. The summed E-state index contributed by atoms with van der Waals surface area (Å²) in [4.78, 5) is 31.5. The van der Waals surface area contributed by atoms with Crippen molar-refractivity contribution >= 4 is 17.4 Å². The highest BCUT2D eigenvalue weighted by atomic mass is 19.1. The van der Waals surface area contributed by atoms with Gasteiger partial charge in [0.25, 0.3) is 11.7 Å². The molecular weight excluding hydrogens is 423 g/mol. The molecule has 7 heteroatoms. The maximum absolute atomic E-state index is 13.6. The number of hydrogen-bond acceptors (Lipinski definition) is 5. The number of nitrogens with zero attached hydrogens (tertiary/aromatic N) is 2. The van der Waals surface area contributed by atoms with Gasteiger partial charge in [0.05, 0.1) is 17.7 Å². The van der Waals surface area contributed by atoms with E-state index in [1.807, 2.05) is 13.8 Å². The van der Waals surface area contributed by atoms with Crippen LogP contribution in [0.5, 0.6) is 5.75 Å². The predicted octanol–water partition coefficient (Wildman–Crippen LogP) is 4.63. The van der Waals surface area contributed by atoms with Crippen LogP contribution >= 0.6 is 0 Å². The molecule has 2 aromatic carbocycles. The first-order valence-electron chi connectivity index (χ1n) is 10.5. The summed E-state index contributed by atoms with van der Waals surface area (Å²) in [6.45, 7) is 3.92. The van der Waals surface area contributed by atoms with Gasteiger partial charge in [0, 0.05) is 24.5 Å². The molecule has 0 bridgehead atoms. The molecule has 1 unspecified atom stereocenters. The van der Waals surface area contributed by atoms with Crippen molar-refractivity contribution in [2.75, 3.05) is 0 Å². The zero-order chi connectivity index (χ0) is 23.5. The van der Waals surface area contributed by atoms with Crippen LogP contribution in [-0.2, 0) is 16.1 Å². The number of Topliss-reactive ketones (excluding diaryl/α,β-unsaturated/α-hetero) is 1. The van der Waals surface area contributed by atoms with Gasteiger partial charge in [0.2, 0.25) is 0 Å². The number of aromatic nitrogens is 1. The van der Waals surface area contributed by atoms with Gasteiger partial charge in [-0.1, -0.05) is 18.2 Å². The second-order valence-electron chi connectivity index (χ2n) is 8.03. The number of pyridine rings is 1. The third-order valence-corrected chi connectivity index (χ3v) is 5.30. The fourth-order valence-electron chi connectivity index (χ4n) is 3.84. The Morgan fingerprint density at radius 2 is 1.79 bits per heavy atom. The predicted molar refractivity (Wildman–Crippen MR) is 121 cm³/mol. The van der Waals surface area contributed by atoms with Crippen molar-refractivity contribution in [2.24, 2.45) is 0 Å². The van der Waals surface area contributed by atoms with Crippen LogP contribution < -0.4 is 4.74 Å². The van der Waals surface area contributed by atoms with E-state index in [0.29, 0.717) is 16.9 Å². The average Bonchev–Trinajstić information content (AvgIpc) is 3.05. The summed E-state index contributed by atoms with van der Waals surface area (Å²) >= 11 is 0. The molecule has 0 saturated carbocycles. The molecule has 6 nitrogen and oxygen atoms in total. The maximum Gasteiger partial charge on any atom is 0.295 e. The first-order chi connectivity index (χ1) is 15.8. The minimum Gasteiger partial charge on any atom is -0.507 e. The second-order valence-corrected chi connectivity index (χ2v) is 8.03. The number of ether oxygens (including phenoxy) is 1. The van der Waals surface area contributed by atoms with Crippen LogP contribution in [0.3, 0.4) is 0 Å². The molecule has 1 atom stereocenters. The van der Waals surface area contributed by atoms with Gasteiger partial charge in [0.1, 0.15) is 17.3 Å². The van der Waals surface area contributed by atoms with Gasteiger partial charge in [0.15, 0.2) is 0 Å². The van der Waals surface area contributed by atoms with Crippen LogP contribution in [0, 0.1) is 5.82 Å². The summed E-state index contributed by atoms with van der Waals surface area (Å²) in [6.07, 6.45) is 3.21. The number of carbonyl (C=O) groups excluding carboxylic acids is 2. The van der Waals surface area contributed by atoms with Gasteiger partial charge in [-0.2, -0.15) is 0 Å². The van der Waals surface area contributed by atoms with E-state index in [1.165, 1.54) is 29.2 Å². The molecule has 1 aromatic heterocycles. The van der Waals surface area contributed by atoms with Crippen LogP contribution in [0.15, 0.2) is 78.6 Å². The SMILES string of the molecule is CC(C)Oc1ccc(/C(O)=C2\C(=O)C(=O)N(Cc3cccnc3)C2c2ccc(F)cc2)cc1. The number of hydrogen-bond donors (Lipinski definition) is 1. The summed E-state index contributed by atoms with van der Waals surface area (Å²) in [5.41, 5.74) is 1.56. The fourth-order valence-corrected chi connectivity index (χ4v) is 3.84. The van der Waals surface area contributed by atoms with E-state index in [-0.39, 0.29) is 24.0 Å². The van der Waals surface area contributed by atoms with Crippen molar-refractivity contribution in [3.8, 4) is 5.75 Å². The Labute approximate surface area is 191 Å². The molecule has 2 heterocycles. The summed E-state index contributed by atoms with van der Waals surface area (Å²) in [7, 11) is 0. The van der Waals surface area contributed by atoms with Crippen LogP contribution in [0.25, 0.3) is 5.76 Å². The molecule has 1 saturated heterocycles. The topological polar surface area (TPSA) is 79.7 Å². The van der Waals surface area contributed by atoms with Crippen LogP contribution in [0.4, 0.5) is 4.39 Å². The van der Waals surface area contributed by atoms with Gasteiger partial charge < -0.3 is 14.7 Å². The Hall–Kier alpha value is -4.00. The average molecular weight is 446 g/mol. The molecule has 1 fully saturated rings. The second kappa shape index (κ2) is 9.24. The molecule has 0 aliphatic carbocycles. The Bertz CT molecular complexity index is 1190. The first-order valence-corrected chi connectivity index (χ1v) is 10.5. The highest BCUT2D eigenvalue weighted by Gasteiger charge is 2.46. The molecule has 1 aliphatic heterocycles. The van der Waals surface area contributed by atoms with Gasteiger partial charge in [-0.25, -0.2) is 4.39 Å². The van der Waals surface area contributed by atoms with Gasteiger partial charge in [-0.05, 0) is 67.4 Å². The van der Waals surface area contributed by atoms with E-state index < -0.39 is 23.5 Å². The number of likely N-dealkylation sites (tertiary alicyclic amines) is 1. The number of carbonyl (C=O) groups is 2. The number of halogens is 1. The lowest BCUT2D eigenvalue weighted by atomic mass is 9.95. The Balaban J connectivity index is 1.79. The maximum atomic E-state index is 13.6. The molecule has 3 aromatic rings. The summed E-state index contributed by atoms with van der Waals surface area (Å²) < 4.78 is 19.2. The number of benzene rings is 2. The van der Waals surface area contributed by atoms with E-state index in [0.717, 1.165) is 5.56 Å². The van der Waals surface area contributed by atoms with E-state index in [2.05, 4.69) is 4.98 Å². The van der Waals surface area contributed by atoms with E-state index in [4.69, 9.17) is 4.74 Å². The Kier molecular flexibility index (Phi) is 6.22. The van der Waals surface area contributed by atoms with Crippen molar-refractivity contribution in [2.45, 2.75) is 32.5 Å². The van der Waals surface area contributed by atoms with Gasteiger partial charge in [-0.3, -0.25) is 14.6 Å². The Morgan fingerprint density at radius 1 is 1.09 bits per heavy atom. The summed E-state index contributed by atoms with van der Waals surface area (Å²) in [5.74, 6) is -1.66. The van der Waals surface area contributed by atoms with Crippen LogP contribution in [0.2, 0.25) is 0 Å². The molecule has 0 radical (unpaired) electrons. The van der Waals surface area contributed by atoms with Crippen molar-refractivity contribution in [3.05, 3.63) is 101 Å². The van der Waals surface area contributed by atoms with Crippen LogP contribution in [0.1, 0.15) is 36.6 Å². The molecular formula is C26H23FN2O4. The zero-order valence-electron chi connectivity index (χ0n) is 18.2. The Morgan fingerprint density at radius 3 is 2.39 bits per heavy atom. The highest BCUT2D eigenvalue weighted by molar-refractivity contribution is 6.46. The molecule has 33 heavy (non-hydrogen) atoms. The number of ketones is 1. The summed E-state index contributed by atoms with van der Waals surface area (Å²) in [5, 5.41) is 11.1. The van der Waals surface area contributed by atoms with E-state index in [9.17, 15) is 19.1 Å². The van der Waals surface area contributed by atoms with Crippen molar-refractivity contribution < 1.29 is 23.8 Å². The zero-order valence-corrected chi connectivity index (χ0v) is 18.2. The lowest BCUT2D eigenvalue weighted by Gasteiger charge is -2.25. The van der Waals surface area contributed by atoms with Crippen molar-refractivity contribution in [1.29, 1.82) is 0 Å². The third kappa shape index (κ3) is 4.62. The van der Waals surface area contributed by atoms with Crippen molar-refractivity contribution in [1.82, 2.24) is 9.88 Å². The summed E-state index contributed by atoms with van der Waals surface area (Å²) in [6, 6.07) is 14.8. The van der Waals surface area contributed by atoms with Gasteiger partial charge >= 0.3 is 0 Å². The third-order valence-electron chi connectivity index (χ3n) is 5.30. The van der Waals surface area contributed by atoms with Crippen LogP contribution in [-0.4, -0.2) is 32.8 Å². The smallest absolute Gasteiger partial charge is 0.295 e. The number of rotatable bonds is 6. The van der Waals surface area contributed by atoms with E-state index in [1.54, 1.807) is 48.8 Å². The lowest BCUT2D eigenvalue weighted by Crippen LogP contribution is -2.29. The quantitative estimate of drug-likeness (QED) is 0.339. The largest absolute Gasteiger partial charge is 0.507 e. The highest BCUT2D eigenvalue weighted by Crippen LogP contribution is 2.40. The molecule has 0 spiro atoms. The molecule has 1 aliphatic rings. The standard InChI is InChI=1S/C26H23FN2O4/c1-16(2)33-21-11-7-19(8-12-21)24(30)22-23(18-5-9-20(27)10-6-18)29(26(32)25(22)31)15-17-4-3-13-28-14-17/h3-14,16,23,30H,15H2,1-2H3/b24-22+. The minimum atomic E-state index is -0.877.